The third kappa shape index (κ3) is 2.87. The smallest absolute Gasteiger partial charge is 0.244 e. The molecule has 2 rings (SSSR count). The molecule has 1 aliphatic carbocycles. The molecule has 0 radical (unpaired) electrons. The maximum absolute atomic E-state index is 12.2. The van der Waals surface area contributed by atoms with Gasteiger partial charge in [0.05, 0.1) is 11.2 Å². The van der Waals surface area contributed by atoms with Crippen LogP contribution in [0.3, 0.4) is 0 Å². The highest BCUT2D eigenvalue weighted by atomic mass is 32.2. The second kappa shape index (κ2) is 5.76. The fourth-order valence-corrected chi connectivity index (χ4v) is 3.09. The number of thioether (sulfide) groups is 1. The highest BCUT2D eigenvalue weighted by Crippen LogP contribution is 2.31. The minimum absolute atomic E-state index is 0.0378. The quantitative estimate of drug-likeness (QED) is 0.822. The lowest BCUT2D eigenvalue weighted by molar-refractivity contribution is -0.121. The first kappa shape index (κ1) is 13.4. The Bertz CT molecular complexity index is 428. The maximum atomic E-state index is 12.2. The van der Waals surface area contributed by atoms with Crippen LogP contribution in [0.4, 0.5) is 5.69 Å². The Kier molecular flexibility index (Phi) is 4.30. The summed E-state index contributed by atoms with van der Waals surface area (Å²) in [5.41, 5.74) is 6.37. The van der Waals surface area contributed by atoms with Crippen LogP contribution in [-0.4, -0.2) is 17.2 Å². The van der Waals surface area contributed by atoms with E-state index in [0.717, 1.165) is 42.0 Å². The van der Waals surface area contributed by atoms with Gasteiger partial charge in [-0.1, -0.05) is 31.9 Å². The van der Waals surface area contributed by atoms with Crippen molar-refractivity contribution in [3.8, 4) is 0 Å². The van der Waals surface area contributed by atoms with Gasteiger partial charge in [-0.3, -0.25) is 4.79 Å². The molecule has 3 nitrogen and oxygen atoms in total. The van der Waals surface area contributed by atoms with Crippen LogP contribution in [-0.2, 0) is 4.79 Å². The first-order valence-corrected chi connectivity index (χ1v) is 7.46. The number of para-hydroxylation sites is 1. The Morgan fingerprint density at radius 3 is 2.72 bits per heavy atom. The molecule has 0 saturated heterocycles. The molecule has 1 fully saturated rings. The Balaban J connectivity index is 2.11. The lowest BCUT2D eigenvalue weighted by atomic mass is 9.98. The molecule has 1 saturated carbocycles. The van der Waals surface area contributed by atoms with E-state index in [1.807, 2.05) is 24.3 Å². The van der Waals surface area contributed by atoms with Crippen molar-refractivity contribution in [2.45, 2.75) is 43.0 Å². The minimum atomic E-state index is -0.663. The largest absolute Gasteiger partial charge is 0.323 e. The summed E-state index contributed by atoms with van der Waals surface area (Å²) in [4.78, 5) is 13.4. The summed E-state index contributed by atoms with van der Waals surface area (Å²) in [7, 11) is 0. The second-order valence-electron chi connectivity index (χ2n) is 4.75. The van der Waals surface area contributed by atoms with Crippen LogP contribution in [0.1, 0.15) is 32.6 Å². The van der Waals surface area contributed by atoms with Gasteiger partial charge in [-0.05, 0) is 30.7 Å². The summed E-state index contributed by atoms with van der Waals surface area (Å²) >= 11 is 1.73. The Labute approximate surface area is 113 Å². The average Bonchev–Trinajstić information content (AvgIpc) is 2.80. The van der Waals surface area contributed by atoms with Crippen LogP contribution in [0, 0.1) is 0 Å². The SMILES string of the molecule is CCSc1ccccc1NC(=O)C1(N)CCCC1. The number of benzene rings is 1. The second-order valence-corrected chi connectivity index (χ2v) is 6.05. The number of hydrogen-bond acceptors (Lipinski definition) is 3. The number of hydrogen-bond donors (Lipinski definition) is 2. The zero-order valence-electron chi connectivity index (χ0n) is 10.7. The van der Waals surface area contributed by atoms with Crippen molar-refractivity contribution in [1.29, 1.82) is 0 Å². The first-order valence-electron chi connectivity index (χ1n) is 6.48. The summed E-state index contributed by atoms with van der Waals surface area (Å²) in [6.07, 6.45) is 3.69. The van der Waals surface area contributed by atoms with E-state index in [9.17, 15) is 4.79 Å². The van der Waals surface area contributed by atoms with Gasteiger partial charge in [0.25, 0.3) is 0 Å². The van der Waals surface area contributed by atoms with E-state index in [0.29, 0.717) is 0 Å². The van der Waals surface area contributed by atoms with Crippen molar-refractivity contribution in [3.63, 3.8) is 0 Å². The molecule has 0 bridgehead atoms. The molecule has 1 aliphatic rings. The van der Waals surface area contributed by atoms with Crippen LogP contribution >= 0.6 is 11.8 Å². The van der Waals surface area contributed by atoms with Crippen molar-refractivity contribution in [2.24, 2.45) is 5.73 Å². The lowest BCUT2D eigenvalue weighted by Gasteiger charge is -2.23. The highest BCUT2D eigenvalue weighted by molar-refractivity contribution is 7.99. The van der Waals surface area contributed by atoms with Gasteiger partial charge in [-0.2, -0.15) is 0 Å². The molecule has 0 unspecified atom stereocenters. The fraction of sp³-hybridized carbons (Fsp3) is 0.500. The van der Waals surface area contributed by atoms with E-state index in [1.54, 1.807) is 11.8 Å². The van der Waals surface area contributed by atoms with Gasteiger partial charge in [0.1, 0.15) is 0 Å². The zero-order chi connectivity index (χ0) is 13.0. The molecule has 1 aromatic carbocycles. The molecule has 18 heavy (non-hydrogen) atoms. The normalized spacial score (nSPS) is 17.7. The molecule has 0 aliphatic heterocycles. The first-order chi connectivity index (χ1) is 8.65. The van der Waals surface area contributed by atoms with Crippen LogP contribution in [0.15, 0.2) is 29.2 Å². The summed E-state index contributed by atoms with van der Waals surface area (Å²) in [5.74, 6) is 0.949. The monoisotopic (exact) mass is 264 g/mol. The molecule has 0 aromatic heterocycles. The number of carbonyl (C=O) groups is 1. The van der Waals surface area contributed by atoms with E-state index in [-0.39, 0.29) is 5.91 Å². The molecule has 0 heterocycles. The van der Waals surface area contributed by atoms with Crippen molar-refractivity contribution in [1.82, 2.24) is 0 Å². The predicted octanol–water partition coefficient (Wildman–Crippen LogP) is 3.01. The molecular formula is C14H20N2OS. The molecule has 98 valence electrons. The zero-order valence-corrected chi connectivity index (χ0v) is 11.6. The van der Waals surface area contributed by atoms with Crippen molar-refractivity contribution < 1.29 is 4.79 Å². The van der Waals surface area contributed by atoms with E-state index in [2.05, 4.69) is 12.2 Å². The van der Waals surface area contributed by atoms with Gasteiger partial charge in [-0.15, -0.1) is 11.8 Å². The van der Waals surface area contributed by atoms with Gasteiger partial charge in [0.15, 0.2) is 0 Å². The number of anilines is 1. The molecule has 0 spiro atoms. The van der Waals surface area contributed by atoms with Crippen LogP contribution in [0.25, 0.3) is 0 Å². The Morgan fingerprint density at radius 2 is 2.06 bits per heavy atom. The molecule has 0 atom stereocenters. The van der Waals surface area contributed by atoms with Crippen LogP contribution in [0.5, 0.6) is 0 Å². The number of carbonyl (C=O) groups excluding carboxylic acids is 1. The summed E-state index contributed by atoms with van der Waals surface area (Å²) in [6.45, 7) is 2.10. The van der Waals surface area contributed by atoms with Crippen LogP contribution in [0.2, 0.25) is 0 Å². The number of amides is 1. The summed E-state index contributed by atoms with van der Waals surface area (Å²) in [5, 5.41) is 2.99. The lowest BCUT2D eigenvalue weighted by Crippen LogP contribution is -2.48. The highest BCUT2D eigenvalue weighted by Gasteiger charge is 2.37. The van der Waals surface area contributed by atoms with Gasteiger partial charge < -0.3 is 11.1 Å². The van der Waals surface area contributed by atoms with E-state index in [1.165, 1.54) is 0 Å². The predicted molar refractivity (Wildman–Crippen MR) is 76.9 cm³/mol. The topological polar surface area (TPSA) is 55.1 Å². The number of nitrogens with two attached hydrogens (primary N) is 1. The van der Waals surface area contributed by atoms with Gasteiger partial charge in [-0.25, -0.2) is 0 Å². The fourth-order valence-electron chi connectivity index (χ4n) is 2.33. The van der Waals surface area contributed by atoms with E-state index >= 15 is 0 Å². The van der Waals surface area contributed by atoms with Crippen LogP contribution < -0.4 is 11.1 Å². The Morgan fingerprint density at radius 1 is 1.39 bits per heavy atom. The molecule has 1 amide bonds. The number of rotatable bonds is 4. The maximum Gasteiger partial charge on any atom is 0.244 e. The van der Waals surface area contributed by atoms with E-state index < -0.39 is 5.54 Å². The molecule has 4 heteroatoms. The minimum Gasteiger partial charge on any atom is -0.323 e. The van der Waals surface area contributed by atoms with Crippen molar-refractivity contribution in [2.75, 3.05) is 11.1 Å². The third-order valence-electron chi connectivity index (χ3n) is 3.38. The summed E-state index contributed by atoms with van der Waals surface area (Å²) in [6, 6.07) is 7.89. The average molecular weight is 264 g/mol. The van der Waals surface area contributed by atoms with Crippen molar-refractivity contribution in [3.05, 3.63) is 24.3 Å². The van der Waals surface area contributed by atoms with E-state index in [4.69, 9.17) is 5.73 Å². The molecule has 1 aromatic rings. The van der Waals surface area contributed by atoms with Gasteiger partial charge in [0.2, 0.25) is 5.91 Å². The third-order valence-corrected chi connectivity index (χ3v) is 4.34. The molecular weight excluding hydrogens is 244 g/mol. The molecule has 3 N–H and O–H groups in total. The summed E-state index contributed by atoms with van der Waals surface area (Å²) < 4.78 is 0. The van der Waals surface area contributed by atoms with Crippen molar-refractivity contribution >= 4 is 23.4 Å². The standard InChI is InChI=1S/C14H20N2OS/c1-2-18-12-8-4-3-7-11(12)16-13(17)14(15)9-5-6-10-14/h3-4,7-8H,2,5-6,9-10,15H2,1H3,(H,16,17). The number of nitrogens with one attached hydrogen (secondary N) is 1. The van der Waals surface area contributed by atoms with Gasteiger partial charge >= 0.3 is 0 Å². The van der Waals surface area contributed by atoms with Gasteiger partial charge in [0, 0.05) is 4.90 Å². The Hall–Kier alpha value is -1.00.